The monoisotopic (exact) mass is 536 g/mol. The Morgan fingerprint density at radius 2 is 1.82 bits per heavy atom. The molecule has 1 amide bonds. The summed E-state index contributed by atoms with van der Waals surface area (Å²) < 4.78 is 2.71. The second-order valence-electron chi connectivity index (χ2n) is 11.2. The first-order valence-corrected chi connectivity index (χ1v) is 13.8. The van der Waals surface area contributed by atoms with Crippen LogP contribution in [-0.4, -0.2) is 50.4 Å². The minimum absolute atomic E-state index is 0.189. The summed E-state index contributed by atoms with van der Waals surface area (Å²) in [6.07, 6.45) is 1.66. The molecule has 3 aromatic rings. The highest BCUT2D eigenvalue weighted by Crippen LogP contribution is 2.39. The van der Waals surface area contributed by atoms with Gasteiger partial charge in [0, 0.05) is 24.6 Å². The fourth-order valence-corrected chi connectivity index (χ4v) is 5.97. The third kappa shape index (κ3) is 5.85. The number of aliphatic hydroxyl groups is 2. The zero-order valence-electron chi connectivity index (χ0n) is 22.9. The Hall–Kier alpha value is -3.27. The minimum Gasteiger partial charge on any atom is -0.394 e. The van der Waals surface area contributed by atoms with Crippen molar-refractivity contribution in [3.8, 4) is 0 Å². The Labute approximate surface area is 228 Å². The molecule has 0 aliphatic heterocycles. The number of benzene rings is 2. The lowest BCUT2D eigenvalue weighted by atomic mass is 9.69. The molecule has 5 atom stereocenters. The lowest BCUT2D eigenvalue weighted by Gasteiger charge is -2.36. The topological polar surface area (TPSA) is 140 Å². The van der Waals surface area contributed by atoms with E-state index in [1.54, 1.807) is 42.5 Å². The van der Waals surface area contributed by atoms with Gasteiger partial charge >= 0.3 is 5.69 Å². The summed E-state index contributed by atoms with van der Waals surface area (Å²) in [4.78, 5) is 40.6. The molecule has 1 aliphatic rings. The lowest BCUT2D eigenvalue weighted by Crippen LogP contribution is -2.42. The molecule has 1 aromatic heterocycles. The first-order valence-electron chi connectivity index (χ1n) is 13.8. The summed E-state index contributed by atoms with van der Waals surface area (Å²) in [6, 6.07) is 12.6. The zero-order chi connectivity index (χ0) is 28.3. The number of amides is 1. The van der Waals surface area contributed by atoms with E-state index in [0.717, 1.165) is 19.3 Å². The normalized spacial score (nSPS) is 21.2. The van der Waals surface area contributed by atoms with Gasteiger partial charge in [-0.25, -0.2) is 9.36 Å². The van der Waals surface area contributed by atoms with Gasteiger partial charge in [0.25, 0.3) is 5.91 Å². The second-order valence-corrected chi connectivity index (χ2v) is 11.2. The molecule has 9 heteroatoms. The van der Waals surface area contributed by atoms with Crippen molar-refractivity contribution in [3.63, 3.8) is 0 Å². The highest BCUT2D eigenvalue weighted by molar-refractivity contribution is 5.99. The maximum Gasteiger partial charge on any atom is 0.336 e. The van der Waals surface area contributed by atoms with Crippen molar-refractivity contribution in [3.05, 3.63) is 70.1 Å². The molecule has 0 unspecified atom stereocenters. The molecular formula is C30H40N4O5. The quantitative estimate of drug-likeness (QED) is 0.332. The highest BCUT2D eigenvalue weighted by Gasteiger charge is 2.37. The van der Waals surface area contributed by atoms with Crippen molar-refractivity contribution in [2.45, 2.75) is 58.7 Å². The fourth-order valence-electron chi connectivity index (χ4n) is 5.97. The molecular weight excluding hydrogens is 496 g/mol. The largest absolute Gasteiger partial charge is 0.394 e. The number of hydrogen-bond acceptors (Lipinski definition) is 6. The summed E-state index contributed by atoms with van der Waals surface area (Å²) >= 11 is 0. The molecule has 1 saturated carbocycles. The smallest absolute Gasteiger partial charge is 0.336 e. The number of carbonyl (C=O) groups excluding carboxylic acids is 2. The van der Waals surface area contributed by atoms with Gasteiger partial charge in [0.15, 0.2) is 0 Å². The maximum absolute atomic E-state index is 13.9. The summed E-state index contributed by atoms with van der Waals surface area (Å²) in [5.41, 5.74) is 7.05. The van der Waals surface area contributed by atoms with Crippen LogP contribution < -0.4 is 16.7 Å². The van der Waals surface area contributed by atoms with Crippen molar-refractivity contribution in [2.24, 2.45) is 29.4 Å². The first kappa shape index (κ1) is 28.7. The number of nitrogens with zero attached hydrogens (tertiary/aromatic N) is 2. The Kier molecular flexibility index (Phi) is 9.04. The van der Waals surface area contributed by atoms with Gasteiger partial charge in [-0.3, -0.25) is 14.2 Å². The molecule has 0 radical (unpaired) electrons. The fraction of sp³-hybridized carbons (Fsp3) is 0.500. The molecule has 39 heavy (non-hydrogen) atoms. The maximum atomic E-state index is 13.9. The molecule has 4 rings (SSSR count). The van der Waals surface area contributed by atoms with Crippen molar-refractivity contribution < 1.29 is 19.8 Å². The predicted octanol–water partition coefficient (Wildman–Crippen LogP) is 2.93. The van der Waals surface area contributed by atoms with Gasteiger partial charge in [0.05, 0.1) is 23.7 Å². The van der Waals surface area contributed by atoms with Crippen LogP contribution in [0.4, 0.5) is 0 Å². The number of aliphatic hydroxyl groups excluding tert-OH is 2. The summed E-state index contributed by atoms with van der Waals surface area (Å²) in [7, 11) is 0. The van der Waals surface area contributed by atoms with Crippen molar-refractivity contribution in [1.82, 2.24) is 14.5 Å². The Balaban J connectivity index is 1.68. The molecule has 0 bridgehead atoms. The third-order valence-electron chi connectivity index (χ3n) is 8.14. The van der Waals surface area contributed by atoms with Gasteiger partial charge in [-0.05, 0) is 54.4 Å². The van der Waals surface area contributed by atoms with E-state index in [1.807, 2.05) is 6.07 Å². The lowest BCUT2D eigenvalue weighted by molar-refractivity contribution is 0.0633. The Morgan fingerprint density at radius 3 is 2.46 bits per heavy atom. The Bertz CT molecular complexity index is 1360. The number of imidazole rings is 1. The molecule has 2 aromatic carbocycles. The van der Waals surface area contributed by atoms with E-state index in [1.165, 1.54) is 9.13 Å². The van der Waals surface area contributed by atoms with E-state index in [2.05, 4.69) is 26.1 Å². The average Bonchev–Trinajstić information content (AvgIpc) is 3.21. The van der Waals surface area contributed by atoms with Crippen LogP contribution in [-0.2, 0) is 6.54 Å². The van der Waals surface area contributed by atoms with E-state index in [0.29, 0.717) is 28.4 Å². The van der Waals surface area contributed by atoms with Gasteiger partial charge in [0.2, 0.25) is 5.91 Å². The van der Waals surface area contributed by atoms with Crippen molar-refractivity contribution >= 4 is 22.8 Å². The number of aromatic nitrogens is 2. The van der Waals surface area contributed by atoms with Gasteiger partial charge in [-0.1, -0.05) is 57.5 Å². The second kappa shape index (κ2) is 12.3. The number of rotatable bonds is 9. The highest BCUT2D eigenvalue weighted by atomic mass is 16.3. The predicted molar refractivity (Wildman–Crippen MR) is 150 cm³/mol. The molecule has 1 heterocycles. The summed E-state index contributed by atoms with van der Waals surface area (Å²) in [5.74, 6) is -0.0444. The molecule has 1 fully saturated rings. The van der Waals surface area contributed by atoms with Crippen LogP contribution in [0.3, 0.4) is 0 Å². The van der Waals surface area contributed by atoms with E-state index < -0.39 is 30.3 Å². The van der Waals surface area contributed by atoms with Crippen LogP contribution in [0.2, 0.25) is 0 Å². The third-order valence-corrected chi connectivity index (χ3v) is 8.14. The van der Waals surface area contributed by atoms with E-state index in [-0.39, 0.29) is 36.4 Å². The van der Waals surface area contributed by atoms with Crippen LogP contribution in [0, 0.1) is 23.7 Å². The van der Waals surface area contributed by atoms with Gasteiger partial charge < -0.3 is 21.3 Å². The number of hydrogen-bond donors (Lipinski definition) is 4. The minimum atomic E-state index is -1.11. The van der Waals surface area contributed by atoms with Gasteiger partial charge in [-0.2, -0.15) is 0 Å². The van der Waals surface area contributed by atoms with E-state index >= 15 is 0 Å². The number of carbonyl (C=O) groups is 2. The van der Waals surface area contributed by atoms with E-state index in [9.17, 15) is 24.6 Å². The van der Waals surface area contributed by atoms with Crippen LogP contribution >= 0.6 is 0 Å². The molecule has 5 N–H and O–H groups in total. The van der Waals surface area contributed by atoms with Gasteiger partial charge in [0.1, 0.15) is 6.10 Å². The SMILES string of the molecule is CC(C)[C@@H]1CC[C@@H](C)C[C@H]1C(=O)n1c(=O)n(CCN)c2cc(C(=O)N[C@@H](CO)[C@@H](O)c3ccccc3)ccc21. The molecule has 9 nitrogen and oxygen atoms in total. The first-order chi connectivity index (χ1) is 18.7. The van der Waals surface area contributed by atoms with Crippen LogP contribution in [0.15, 0.2) is 53.3 Å². The average molecular weight is 537 g/mol. The van der Waals surface area contributed by atoms with E-state index in [4.69, 9.17) is 5.73 Å². The van der Waals surface area contributed by atoms with Gasteiger partial charge in [-0.15, -0.1) is 0 Å². The molecule has 1 aliphatic carbocycles. The van der Waals surface area contributed by atoms with Crippen LogP contribution in [0.1, 0.15) is 66.9 Å². The zero-order valence-corrected chi connectivity index (χ0v) is 22.9. The summed E-state index contributed by atoms with van der Waals surface area (Å²) in [5, 5.41) is 23.3. The van der Waals surface area contributed by atoms with Crippen LogP contribution in [0.5, 0.6) is 0 Å². The van der Waals surface area contributed by atoms with Crippen molar-refractivity contribution in [2.75, 3.05) is 13.2 Å². The standard InChI is InChI=1S/C30H40N4O5/c1-18(2)22-11-9-19(3)15-23(22)29(38)34-25-12-10-21(16-26(25)33(14-13-31)30(34)39)28(37)32-24(17-35)27(36)20-7-5-4-6-8-20/h4-8,10,12,16,18-19,22-24,27,35-36H,9,11,13-15,17,31H2,1-3H3,(H,32,37)/t19-,22+,23-,24+,27+/m1/s1. The van der Waals surface area contributed by atoms with Crippen molar-refractivity contribution in [1.29, 1.82) is 0 Å². The Morgan fingerprint density at radius 1 is 1.10 bits per heavy atom. The number of fused-ring (bicyclic) bond motifs is 1. The molecule has 210 valence electrons. The number of nitrogens with one attached hydrogen (secondary N) is 1. The molecule has 0 spiro atoms. The summed E-state index contributed by atoms with van der Waals surface area (Å²) in [6.45, 7) is 6.32. The van der Waals surface area contributed by atoms with Crippen LogP contribution in [0.25, 0.3) is 11.0 Å². The molecule has 0 saturated heterocycles. The number of nitrogens with two attached hydrogens (primary N) is 1.